The number of fused-ring (bicyclic) bond motifs is 1. The molecule has 2 atom stereocenters. The molecule has 2 aliphatic heterocycles. The van der Waals surface area contributed by atoms with E-state index in [4.69, 9.17) is 14.2 Å². The van der Waals surface area contributed by atoms with Crippen LogP contribution >= 0.6 is 0 Å². The van der Waals surface area contributed by atoms with Gasteiger partial charge in [0.05, 0.1) is 32.2 Å². The SMILES string of the molecule is COc1ccc(C2/C(=C(\O)c3ccc4c(c3)CC(C)O4)C(=O)C(=O)N2CCCn2ccnc2)cc1OC. The fourth-order valence-electron chi connectivity index (χ4n) is 5.05. The molecule has 0 radical (unpaired) electrons. The number of Topliss-reactive ketones (excluding diaryl/α,β-unsaturated/α-hetero) is 1. The van der Waals surface area contributed by atoms with Crippen molar-refractivity contribution in [2.45, 2.75) is 38.5 Å². The van der Waals surface area contributed by atoms with Gasteiger partial charge in [0.1, 0.15) is 17.6 Å². The van der Waals surface area contributed by atoms with Crippen LogP contribution < -0.4 is 14.2 Å². The van der Waals surface area contributed by atoms with E-state index in [9.17, 15) is 14.7 Å². The number of hydrogen-bond donors (Lipinski definition) is 1. The van der Waals surface area contributed by atoms with Gasteiger partial charge in [0.25, 0.3) is 11.7 Å². The molecular weight excluding hydrogens is 474 g/mol. The molecule has 9 heteroatoms. The van der Waals surface area contributed by atoms with Gasteiger partial charge in [-0.2, -0.15) is 0 Å². The fraction of sp³-hybridized carbons (Fsp3) is 0.321. The Bertz CT molecular complexity index is 1360. The molecule has 0 spiro atoms. The van der Waals surface area contributed by atoms with Gasteiger partial charge in [-0.3, -0.25) is 9.59 Å². The number of likely N-dealkylation sites (tertiary alicyclic amines) is 1. The van der Waals surface area contributed by atoms with E-state index in [0.717, 1.165) is 11.3 Å². The number of ether oxygens (including phenoxy) is 3. The standard InChI is InChI=1S/C28H29N3O6/c1-17-13-20-14-19(6-7-21(20)37-17)26(32)24-25(18-5-8-22(35-2)23(15-18)36-3)31(28(34)27(24)33)11-4-10-30-12-9-29-16-30/h5-9,12,14-17,25,32H,4,10-11,13H2,1-3H3/b26-24+. The topological polar surface area (TPSA) is 103 Å². The molecule has 3 heterocycles. The predicted octanol–water partition coefficient (Wildman–Crippen LogP) is 3.74. The Hall–Kier alpha value is -4.27. The molecule has 2 unspecified atom stereocenters. The van der Waals surface area contributed by atoms with Crippen molar-refractivity contribution < 1.29 is 28.9 Å². The first-order valence-corrected chi connectivity index (χ1v) is 12.2. The van der Waals surface area contributed by atoms with Gasteiger partial charge in [0.15, 0.2) is 11.5 Å². The number of aliphatic hydroxyl groups excluding tert-OH is 1. The highest BCUT2D eigenvalue weighted by atomic mass is 16.5. The summed E-state index contributed by atoms with van der Waals surface area (Å²) in [5, 5.41) is 11.4. The minimum atomic E-state index is -0.786. The Kier molecular flexibility index (Phi) is 6.60. The molecule has 1 amide bonds. The summed E-state index contributed by atoms with van der Waals surface area (Å²) in [4.78, 5) is 32.2. The molecule has 0 bridgehead atoms. The van der Waals surface area contributed by atoms with Crippen molar-refractivity contribution in [2.24, 2.45) is 0 Å². The molecule has 5 rings (SSSR count). The highest BCUT2D eigenvalue weighted by Crippen LogP contribution is 2.42. The second-order valence-electron chi connectivity index (χ2n) is 9.22. The molecule has 1 saturated heterocycles. The van der Waals surface area contributed by atoms with Crippen molar-refractivity contribution in [3.8, 4) is 17.2 Å². The van der Waals surface area contributed by atoms with Gasteiger partial charge in [0, 0.05) is 37.5 Å². The van der Waals surface area contributed by atoms with Crippen molar-refractivity contribution in [3.63, 3.8) is 0 Å². The van der Waals surface area contributed by atoms with Crippen molar-refractivity contribution in [1.29, 1.82) is 0 Å². The zero-order valence-corrected chi connectivity index (χ0v) is 21.0. The number of aryl methyl sites for hydroxylation is 1. The van der Waals surface area contributed by atoms with E-state index >= 15 is 0 Å². The van der Waals surface area contributed by atoms with Gasteiger partial charge in [0.2, 0.25) is 0 Å². The number of nitrogens with zero attached hydrogens (tertiary/aromatic N) is 3. The normalized spacial score (nSPS) is 20.1. The Morgan fingerprint density at radius 2 is 1.92 bits per heavy atom. The molecule has 192 valence electrons. The summed E-state index contributed by atoms with van der Waals surface area (Å²) in [5.41, 5.74) is 2.11. The lowest BCUT2D eigenvalue weighted by Crippen LogP contribution is -2.31. The van der Waals surface area contributed by atoms with E-state index in [2.05, 4.69) is 4.98 Å². The molecule has 0 aliphatic carbocycles. The van der Waals surface area contributed by atoms with Crippen LogP contribution in [0.2, 0.25) is 0 Å². The number of ketones is 1. The lowest BCUT2D eigenvalue weighted by atomic mass is 9.94. The summed E-state index contributed by atoms with van der Waals surface area (Å²) in [6, 6.07) is 9.80. The molecule has 37 heavy (non-hydrogen) atoms. The van der Waals surface area contributed by atoms with Gasteiger partial charge < -0.3 is 28.8 Å². The first-order chi connectivity index (χ1) is 17.9. The Labute approximate surface area is 214 Å². The van der Waals surface area contributed by atoms with Crippen LogP contribution in [0.15, 0.2) is 60.7 Å². The minimum absolute atomic E-state index is 0.0419. The zero-order valence-electron chi connectivity index (χ0n) is 21.0. The number of amides is 1. The average Bonchev–Trinajstić information content (AvgIpc) is 3.61. The molecule has 2 aliphatic rings. The molecule has 0 saturated carbocycles. The quantitative estimate of drug-likeness (QED) is 0.284. The Morgan fingerprint density at radius 3 is 2.65 bits per heavy atom. The first-order valence-electron chi connectivity index (χ1n) is 12.2. The maximum atomic E-state index is 13.4. The average molecular weight is 504 g/mol. The van der Waals surface area contributed by atoms with Gasteiger partial charge in [-0.15, -0.1) is 0 Å². The van der Waals surface area contributed by atoms with Crippen LogP contribution in [0.4, 0.5) is 0 Å². The third-order valence-electron chi connectivity index (χ3n) is 6.81. The number of methoxy groups -OCH3 is 2. The van der Waals surface area contributed by atoms with Crippen LogP contribution in [-0.4, -0.2) is 58.1 Å². The van der Waals surface area contributed by atoms with Gasteiger partial charge in [-0.05, 0) is 54.8 Å². The predicted molar refractivity (Wildman–Crippen MR) is 136 cm³/mol. The van der Waals surface area contributed by atoms with Crippen molar-refractivity contribution >= 4 is 17.4 Å². The van der Waals surface area contributed by atoms with Crippen LogP contribution in [-0.2, 0) is 22.6 Å². The van der Waals surface area contributed by atoms with Gasteiger partial charge in [-0.1, -0.05) is 6.07 Å². The molecule has 1 fully saturated rings. The number of carbonyl (C=O) groups is 2. The number of benzene rings is 2. The van der Waals surface area contributed by atoms with Crippen LogP contribution in [0.3, 0.4) is 0 Å². The van der Waals surface area contributed by atoms with Crippen molar-refractivity contribution in [3.05, 3.63) is 77.4 Å². The van der Waals surface area contributed by atoms with E-state index in [0.29, 0.717) is 48.6 Å². The molecule has 2 aromatic carbocycles. The number of imidazole rings is 1. The smallest absolute Gasteiger partial charge is 0.295 e. The van der Waals surface area contributed by atoms with E-state index in [1.165, 1.54) is 19.1 Å². The number of hydrogen-bond acceptors (Lipinski definition) is 7. The summed E-state index contributed by atoms with van der Waals surface area (Å²) in [6.45, 7) is 2.92. The first kappa shape index (κ1) is 24.4. The zero-order chi connectivity index (χ0) is 26.1. The fourth-order valence-corrected chi connectivity index (χ4v) is 5.05. The number of carbonyl (C=O) groups excluding carboxylic acids is 2. The monoisotopic (exact) mass is 503 g/mol. The van der Waals surface area contributed by atoms with Crippen LogP contribution in [0.1, 0.15) is 36.1 Å². The lowest BCUT2D eigenvalue weighted by Gasteiger charge is -2.26. The van der Waals surface area contributed by atoms with Gasteiger partial charge >= 0.3 is 0 Å². The molecular formula is C28H29N3O6. The van der Waals surface area contributed by atoms with Gasteiger partial charge in [-0.25, -0.2) is 4.98 Å². The van der Waals surface area contributed by atoms with E-state index in [1.54, 1.807) is 42.9 Å². The van der Waals surface area contributed by atoms with Crippen LogP contribution in [0.25, 0.3) is 5.76 Å². The van der Waals surface area contributed by atoms with E-state index in [-0.39, 0.29) is 17.4 Å². The Balaban J connectivity index is 1.56. The highest BCUT2D eigenvalue weighted by molar-refractivity contribution is 6.46. The molecule has 1 aromatic heterocycles. The maximum Gasteiger partial charge on any atom is 0.295 e. The lowest BCUT2D eigenvalue weighted by molar-refractivity contribution is -0.139. The number of rotatable bonds is 8. The maximum absolute atomic E-state index is 13.4. The van der Waals surface area contributed by atoms with E-state index < -0.39 is 17.7 Å². The molecule has 1 N–H and O–H groups in total. The van der Waals surface area contributed by atoms with Crippen LogP contribution in [0.5, 0.6) is 17.2 Å². The third-order valence-corrected chi connectivity index (χ3v) is 6.81. The van der Waals surface area contributed by atoms with E-state index in [1.807, 2.05) is 23.8 Å². The summed E-state index contributed by atoms with van der Waals surface area (Å²) < 4.78 is 18.5. The molecule has 3 aromatic rings. The second kappa shape index (κ2) is 10.0. The summed E-state index contributed by atoms with van der Waals surface area (Å²) in [6.07, 6.45) is 6.59. The van der Waals surface area contributed by atoms with Crippen LogP contribution in [0, 0.1) is 0 Å². The summed E-state index contributed by atoms with van der Waals surface area (Å²) in [5.74, 6) is 0.178. The molecule has 9 nitrogen and oxygen atoms in total. The number of aliphatic hydroxyl groups is 1. The summed E-state index contributed by atoms with van der Waals surface area (Å²) >= 11 is 0. The largest absolute Gasteiger partial charge is 0.507 e. The van der Waals surface area contributed by atoms with Crippen molar-refractivity contribution in [2.75, 3.05) is 20.8 Å². The highest BCUT2D eigenvalue weighted by Gasteiger charge is 2.46. The minimum Gasteiger partial charge on any atom is -0.507 e. The summed E-state index contributed by atoms with van der Waals surface area (Å²) in [7, 11) is 3.06. The number of aromatic nitrogens is 2. The van der Waals surface area contributed by atoms with Crippen molar-refractivity contribution in [1.82, 2.24) is 14.5 Å². The second-order valence-corrected chi connectivity index (χ2v) is 9.22. The third kappa shape index (κ3) is 4.52. The Morgan fingerprint density at radius 1 is 1.11 bits per heavy atom.